The lowest BCUT2D eigenvalue weighted by Gasteiger charge is -2.41. The number of likely N-dealkylation sites (tertiary alicyclic amines) is 1. The van der Waals surface area contributed by atoms with E-state index in [0.29, 0.717) is 37.1 Å². The molecular weight excluding hydrogens is 533 g/mol. The summed E-state index contributed by atoms with van der Waals surface area (Å²) < 4.78 is 15.4. The largest absolute Gasteiger partial charge is 0.368 e. The van der Waals surface area contributed by atoms with Crippen molar-refractivity contribution in [2.24, 2.45) is 12.8 Å². The molecular formula is C32H30FN7O2. The summed E-state index contributed by atoms with van der Waals surface area (Å²) in [5, 5.41) is 5.32. The molecule has 3 N–H and O–H groups in total. The Morgan fingerprint density at radius 2 is 1.74 bits per heavy atom. The molecule has 5 aromatic rings. The quantitative estimate of drug-likeness (QED) is 0.331. The Bertz CT molecular complexity index is 1840. The Morgan fingerprint density at radius 3 is 2.38 bits per heavy atom. The fourth-order valence-electron chi connectivity index (χ4n) is 6.91. The monoisotopic (exact) mass is 563 g/mol. The molecule has 1 unspecified atom stereocenters. The number of likely N-dealkylation sites (N-methyl/N-ethyl adjacent to an activating group) is 1. The van der Waals surface area contributed by atoms with Crippen molar-refractivity contribution in [3.8, 4) is 22.4 Å². The van der Waals surface area contributed by atoms with Crippen LogP contribution >= 0.6 is 0 Å². The van der Waals surface area contributed by atoms with E-state index >= 15 is 0 Å². The van der Waals surface area contributed by atoms with Gasteiger partial charge in [0.2, 0.25) is 11.8 Å². The van der Waals surface area contributed by atoms with Crippen molar-refractivity contribution in [1.82, 2.24) is 24.6 Å². The number of H-pyrrole nitrogens is 1. The molecule has 1 fully saturated rings. The lowest BCUT2D eigenvalue weighted by atomic mass is 9.72. The highest BCUT2D eigenvalue weighted by Crippen LogP contribution is 2.53. The third kappa shape index (κ3) is 3.86. The first kappa shape index (κ1) is 26.1. The van der Waals surface area contributed by atoms with Crippen LogP contribution in [0.1, 0.15) is 30.0 Å². The lowest BCUT2D eigenvalue weighted by molar-refractivity contribution is -0.127. The predicted molar refractivity (Wildman–Crippen MR) is 158 cm³/mol. The molecule has 1 spiro atoms. The minimum Gasteiger partial charge on any atom is -0.368 e. The van der Waals surface area contributed by atoms with Crippen LogP contribution in [0.15, 0.2) is 73.2 Å². The van der Waals surface area contributed by atoms with Gasteiger partial charge < -0.3 is 15.6 Å². The number of carbonyl (C=O) groups excluding carboxylic acids is 2. The summed E-state index contributed by atoms with van der Waals surface area (Å²) in [6.07, 6.45) is 6.55. The minimum absolute atomic E-state index is 0.0204. The molecule has 2 aliphatic heterocycles. The minimum atomic E-state index is -0.801. The highest BCUT2D eigenvalue weighted by atomic mass is 19.1. The molecule has 2 aromatic carbocycles. The zero-order valence-electron chi connectivity index (χ0n) is 23.3. The number of carbonyl (C=O) groups is 2. The number of fused-ring (bicyclic) bond motifs is 4. The van der Waals surface area contributed by atoms with E-state index in [2.05, 4.69) is 22.2 Å². The van der Waals surface area contributed by atoms with E-state index in [1.54, 1.807) is 35.0 Å². The van der Waals surface area contributed by atoms with Crippen molar-refractivity contribution < 1.29 is 14.0 Å². The summed E-state index contributed by atoms with van der Waals surface area (Å²) in [5.41, 5.74) is 12.0. The second kappa shape index (κ2) is 9.63. The Balaban J connectivity index is 1.37. The number of aromatic amines is 1. The summed E-state index contributed by atoms with van der Waals surface area (Å²) in [7, 11) is 3.68. The van der Waals surface area contributed by atoms with Crippen molar-refractivity contribution >= 4 is 28.5 Å². The Morgan fingerprint density at radius 1 is 1.02 bits per heavy atom. The second-order valence-corrected chi connectivity index (χ2v) is 11.2. The first-order valence-corrected chi connectivity index (χ1v) is 13.9. The summed E-state index contributed by atoms with van der Waals surface area (Å²) in [4.78, 5) is 38.8. The van der Waals surface area contributed by atoms with Gasteiger partial charge in [0, 0.05) is 55.5 Å². The molecule has 42 heavy (non-hydrogen) atoms. The first-order chi connectivity index (χ1) is 20.3. The highest BCUT2D eigenvalue weighted by Gasteiger charge is 2.53. The number of benzene rings is 2. The maximum atomic E-state index is 14.2. The van der Waals surface area contributed by atoms with Gasteiger partial charge in [0.05, 0.1) is 29.2 Å². The number of nitrogens with zero attached hydrogens (tertiary/aromatic N) is 5. The molecule has 212 valence electrons. The van der Waals surface area contributed by atoms with Gasteiger partial charge in [-0.1, -0.05) is 42.5 Å². The van der Waals surface area contributed by atoms with Crippen LogP contribution in [-0.2, 0) is 22.1 Å². The van der Waals surface area contributed by atoms with Gasteiger partial charge in [0.1, 0.15) is 17.5 Å². The van der Waals surface area contributed by atoms with E-state index in [9.17, 15) is 14.0 Å². The number of rotatable bonds is 5. The van der Waals surface area contributed by atoms with Crippen LogP contribution in [0.5, 0.6) is 0 Å². The molecule has 5 heterocycles. The number of aromatic nitrogens is 4. The average Bonchev–Trinajstić information content (AvgIpc) is 3.66. The normalized spacial score (nSPS) is 17.2. The molecule has 0 bridgehead atoms. The van der Waals surface area contributed by atoms with Gasteiger partial charge in [-0.05, 0) is 36.1 Å². The molecule has 7 rings (SSSR count). The standard InChI is InChI=1S/C32H30FN7O2/c1-38-18-21(16-36-38)27-24(19-6-4-3-5-7-19)25-26-23(17-35-30(25)37-27)39(2)31(42)32(26)12-14-40(15-13-32)28(29(34)41)20-8-10-22(33)11-9-20/h3-11,16-18,28H,12-15H2,1-2H3,(H2,34,41)(H,35,37). The van der Waals surface area contributed by atoms with E-state index in [1.807, 2.05) is 42.5 Å². The Labute approximate surface area is 241 Å². The van der Waals surface area contributed by atoms with Crippen molar-refractivity contribution in [2.75, 3.05) is 25.0 Å². The number of amides is 2. The lowest BCUT2D eigenvalue weighted by Crippen LogP contribution is -2.50. The molecule has 0 aliphatic carbocycles. The van der Waals surface area contributed by atoms with Crippen LogP contribution in [-0.4, -0.2) is 56.6 Å². The van der Waals surface area contributed by atoms with Gasteiger partial charge in [-0.3, -0.25) is 19.2 Å². The van der Waals surface area contributed by atoms with E-state index < -0.39 is 17.4 Å². The number of anilines is 1. The number of halogens is 1. The number of nitrogens with two attached hydrogens (primary N) is 1. The molecule has 1 saturated heterocycles. The molecule has 0 saturated carbocycles. The molecule has 1 atom stereocenters. The Hall–Kier alpha value is -4.83. The van der Waals surface area contributed by atoms with Crippen molar-refractivity contribution in [2.45, 2.75) is 24.3 Å². The molecule has 0 radical (unpaired) electrons. The van der Waals surface area contributed by atoms with Crippen LogP contribution in [0, 0.1) is 5.82 Å². The molecule has 2 amide bonds. The maximum absolute atomic E-state index is 14.2. The van der Waals surface area contributed by atoms with Crippen LogP contribution in [0.2, 0.25) is 0 Å². The van der Waals surface area contributed by atoms with E-state index in [1.165, 1.54) is 12.1 Å². The number of nitrogens with one attached hydrogen (secondary N) is 1. The van der Waals surface area contributed by atoms with Gasteiger partial charge in [0.15, 0.2) is 0 Å². The summed E-state index contributed by atoms with van der Waals surface area (Å²) in [6.45, 7) is 0.933. The zero-order chi connectivity index (χ0) is 29.2. The van der Waals surface area contributed by atoms with E-state index in [0.717, 1.165) is 39.0 Å². The number of pyridine rings is 1. The van der Waals surface area contributed by atoms with E-state index in [4.69, 9.17) is 10.7 Å². The molecule has 3 aromatic heterocycles. The third-order valence-electron chi connectivity index (χ3n) is 8.88. The topological polar surface area (TPSA) is 113 Å². The summed E-state index contributed by atoms with van der Waals surface area (Å²) in [6, 6.07) is 15.3. The SMILES string of the molecule is CN1C(=O)C2(CCN(C(C(N)=O)c3ccc(F)cc3)CC2)c2c1cnc1[nH]c(-c3cnn(C)c3)c(-c3ccccc3)c21. The smallest absolute Gasteiger partial charge is 0.239 e. The van der Waals surface area contributed by atoms with Gasteiger partial charge in [0.25, 0.3) is 0 Å². The summed E-state index contributed by atoms with van der Waals surface area (Å²) in [5.74, 6) is -0.857. The number of primary amides is 1. The maximum Gasteiger partial charge on any atom is 0.239 e. The van der Waals surface area contributed by atoms with Crippen LogP contribution in [0.25, 0.3) is 33.4 Å². The molecule has 10 heteroatoms. The van der Waals surface area contributed by atoms with Gasteiger partial charge in [-0.25, -0.2) is 9.37 Å². The number of hydrogen-bond donors (Lipinski definition) is 2. The van der Waals surface area contributed by atoms with E-state index in [-0.39, 0.29) is 11.7 Å². The van der Waals surface area contributed by atoms with Gasteiger partial charge >= 0.3 is 0 Å². The predicted octanol–water partition coefficient (Wildman–Crippen LogP) is 4.31. The fourth-order valence-corrected chi connectivity index (χ4v) is 6.91. The zero-order valence-corrected chi connectivity index (χ0v) is 23.3. The van der Waals surface area contributed by atoms with Gasteiger partial charge in [-0.15, -0.1) is 0 Å². The van der Waals surface area contributed by atoms with Crippen molar-refractivity contribution in [3.05, 3.63) is 90.1 Å². The van der Waals surface area contributed by atoms with Gasteiger partial charge in [-0.2, -0.15) is 5.10 Å². The highest BCUT2D eigenvalue weighted by molar-refractivity contribution is 6.16. The Kier molecular flexibility index (Phi) is 5.98. The average molecular weight is 564 g/mol. The first-order valence-electron chi connectivity index (χ1n) is 13.9. The fraction of sp³-hybridized carbons (Fsp3) is 0.250. The van der Waals surface area contributed by atoms with Crippen LogP contribution in [0.3, 0.4) is 0 Å². The summed E-state index contributed by atoms with van der Waals surface area (Å²) >= 11 is 0. The van der Waals surface area contributed by atoms with Crippen molar-refractivity contribution in [3.63, 3.8) is 0 Å². The third-order valence-corrected chi connectivity index (χ3v) is 8.88. The number of hydrogen-bond acceptors (Lipinski definition) is 5. The second-order valence-electron chi connectivity index (χ2n) is 11.2. The number of aryl methyl sites for hydroxylation is 1. The molecule has 2 aliphatic rings. The van der Waals surface area contributed by atoms with Crippen molar-refractivity contribution in [1.29, 1.82) is 0 Å². The van der Waals surface area contributed by atoms with Crippen LogP contribution < -0.4 is 10.6 Å². The number of piperidine rings is 1. The molecule has 9 nitrogen and oxygen atoms in total. The van der Waals surface area contributed by atoms with Crippen LogP contribution in [0.4, 0.5) is 10.1 Å².